The maximum atomic E-state index is 5.27. The molecule has 0 amide bonds. The molecule has 96 valence electrons. The molecule has 2 aromatic rings. The van der Waals surface area contributed by atoms with Crippen LogP contribution in [0.5, 0.6) is 5.75 Å². The van der Waals surface area contributed by atoms with E-state index in [9.17, 15) is 0 Å². The Morgan fingerprint density at radius 2 is 2.22 bits per heavy atom. The zero-order valence-corrected chi connectivity index (χ0v) is 11.1. The SMILES string of the molecule is CCn1nccc1C(NC)c1cccc(OC)c1. The predicted molar refractivity (Wildman–Crippen MR) is 71.8 cm³/mol. The molecule has 0 aliphatic rings. The van der Waals surface area contributed by atoms with Crippen molar-refractivity contribution in [2.75, 3.05) is 14.2 Å². The lowest BCUT2D eigenvalue weighted by atomic mass is 10.0. The maximum absolute atomic E-state index is 5.27. The van der Waals surface area contributed by atoms with Gasteiger partial charge in [-0.25, -0.2) is 0 Å². The Morgan fingerprint density at radius 1 is 1.39 bits per heavy atom. The summed E-state index contributed by atoms with van der Waals surface area (Å²) in [5.41, 5.74) is 2.33. The summed E-state index contributed by atoms with van der Waals surface area (Å²) in [6, 6.07) is 10.3. The first-order valence-corrected chi connectivity index (χ1v) is 6.13. The summed E-state index contributed by atoms with van der Waals surface area (Å²) >= 11 is 0. The van der Waals surface area contributed by atoms with Crippen molar-refractivity contribution in [1.82, 2.24) is 15.1 Å². The summed E-state index contributed by atoms with van der Waals surface area (Å²) < 4.78 is 7.27. The van der Waals surface area contributed by atoms with Crippen LogP contribution in [0.3, 0.4) is 0 Å². The number of aryl methyl sites for hydroxylation is 1. The number of ether oxygens (including phenoxy) is 1. The second kappa shape index (κ2) is 5.69. The normalized spacial score (nSPS) is 12.4. The van der Waals surface area contributed by atoms with Crippen LogP contribution >= 0.6 is 0 Å². The third-order valence-electron chi connectivity index (χ3n) is 3.06. The highest BCUT2D eigenvalue weighted by atomic mass is 16.5. The van der Waals surface area contributed by atoms with E-state index in [1.165, 1.54) is 5.56 Å². The van der Waals surface area contributed by atoms with Crippen LogP contribution in [-0.4, -0.2) is 23.9 Å². The smallest absolute Gasteiger partial charge is 0.119 e. The largest absolute Gasteiger partial charge is 0.497 e. The van der Waals surface area contributed by atoms with Gasteiger partial charge in [-0.2, -0.15) is 5.10 Å². The Kier molecular flexibility index (Phi) is 3.99. The van der Waals surface area contributed by atoms with E-state index >= 15 is 0 Å². The minimum Gasteiger partial charge on any atom is -0.497 e. The number of hydrogen-bond acceptors (Lipinski definition) is 3. The summed E-state index contributed by atoms with van der Waals surface area (Å²) in [5.74, 6) is 0.871. The molecule has 1 aromatic heterocycles. The summed E-state index contributed by atoms with van der Waals surface area (Å²) in [6.45, 7) is 2.96. The van der Waals surface area contributed by atoms with Gasteiger partial charge in [-0.05, 0) is 37.7 Å². The average molecular weight is 245 g/mol. The van der Waals surface area contributed by atoms with Crippen molar-refractivity contribution < 1.29 is 4.74 Å². The molecule has 0 bridgehead atoms. The van der Waals surface area contributed by atoms with Gasteiger partial charge < -0.3 is 10.1 Å². The molecule has 1 N–H and O–H groups in total. The van der Waals surface area contributed by atoms with Crippen LogP contribution in [0.2, 0.25) is 0 Å². The van der Waals surface area contributed by atoms with E-state index in [-0.39, 0.29) is 6.04 Å². The number of benzene rings is 1. The van der Waals surface area contributed by atoms with E-state index in [1.807, 2.05) is 42.2 Å². The number of nitrogens with zero attached hydrogens (tertiary/aromatic N) is 2. The molecule has 0 saturated carbocycles. The average Bonchev–Trinajstić information content (AvgIpc) is 2.88. The van der Waals surface area contributed by atoms with Gasteiger partial charge in [-0.3, -0.25) is 4.68 Å². The highest BCUT2D eigenvalue weighted by molar-refractivity contribution is 5.34. The molecule has 0 spiro atoms. The second-order valence-corrected chi connectivity index (χ2v) is 4.07. The third-order valence-corrected chi connectivity index (χ3v) is 3.06. The van der Waals surface area contributed by atoms with Crippen LogP contribution in [0.25, 0.3) is 0 Å². The molecule has 0 aliphatic heterocycles. The molecule has 18 heavy (non-hydrogen) atoms. The van der Waals surface area contributed by atoms with Gasteiger partial charge in [0.15, 0.2) is 0 Å². The molecule has 1 heterocycles. The molecule has 4 nitrogen and oxygen atoms in total. The Hall–Kier alpha value is -1.81. The van der Waals surface area contributed by atoms with Gasteiger partial charge in [-0.15, -0.1) is 0 Å². The maximum Gasteiger partial charge on any atom is 0.119 e. The van der Waals surface area contributed by atoms with E-state index < -0.39 is 0 Å². The standard InChI is InChI=1S/C14H19N3O/c1-4-17-13(8-9-16-17)14(15-2)11-6-5-7-12(10-11)18-3/h5-10,14-15H,4H2,1-3H3. The summed E-state index contributed by atoms with van der Waals surface area (Å²) in [6.07, 6.45) is 1.84. The second-order valence-electron chi connectivity index (χ2n) is 4.07. The van der Waals surface area contributed by atoms with Crippen LogP contribution in [0.1, 0.15) is 24.2 Å². The fourth-order valence-electron chi connectivity index (χ4n) is 2.16. The molecule has 2 rings (SSSR count). The first-order valence-electron chi connectivity index (χ1n) is 6.13. The monoisotopic (exact) mass is 245 g/mol. The van der Waals surface area contributed by atoms with Crippen LogP contribution in [0, 0.1) is 0 Å². The molecule has 0 saturated heterocycles. The van der Waals surface area contributed by atoms with Crippen LogP contribution in [0.4, 0.5) is 0 Å². The van der Waals surface area contributed by atoms with Gasteiger partial charge in [0.25, 0.3) is 0 Å². The fourth-order valence-corrected chi connectivity index (χ4v) is 2.16. The summed E-state index contributed by atoms with van der Waals surface area (Å²) in [7, 11) is 3.64. The zero-order chi connectivity index (χ0) is 13.0. The number of nitrogens with one attached hydrogen (secondary N) is 1. The third kappa shape index (κ3) is 2.38. The lowest BCUT2D eigenvalue weighted by Crippen LogP contribution is -2.21. The molecular weight excluding hydrogens is 226 g/mol. The Labute approximate surface area is 108 Å². The molecule has 1 aromatic carbocycles. The highest BCUT2D eigenvalue weighted by Gasteiger charge is 2.16. The van der Waals surface area contributed by atoms with Crippen LogP contribution in [-0.2, 0) is 6.54 Å². The molecule has 0 aliphatic carbocycles. The lowest BCUT2D eigenvalue weighted by Gasteiger charge is -2.18. The molecule has 4 heteroatoms. The van der Waals surface area contributed by atoms with E-state index in [0.717, 1.165) is 18.0 Å². The topological polar surface area (TPSA) is 39.1 Å². The Balaban J connectivity index is 2.38. The van der Waals surface area contributed by atoms with Crippen molar-refractivity contribution in [3.8, 4) is 5.75 Å². The fraction of sp³-hybridized carbons (Fsp3) is 0.357. The van der Waals surface area contributed by atoms with Gasteiger partial charge >= 0.3 is 0 Å². The van der Waals surface area contributed by atoms with Gasteiger partial charge in [0.05, 0.1) is 18.8 Å². The number of rotatable bonds is 5. The van der Waals surface area contributed by atoms with Crippen molar-refractivity contribution in [2.24, 2.45) is 0 Å². The Bertz CT molecular complexity index is 507. The number of hydrogen-bond donors (Lipinski definition) is 1. The summed E-state index contributed by atoms with van der Waals surface area (Å²) in [5, 5.41) is 7.65. The summed E-state index contributed by atoms with van der Waals surface area (Å²) in [4.78, 5) is 0. The first-order chi connectivity index (χ1) is 8.80. The highest BCUT2D eigenvalue weighted by Crippen LogP contribution is 2.24. The number of aromatic nitrogens is 2. The van der Waals surface area contributed by atoms with Crippen LogP contribution < -0.4 is 10.1 Å². The van der Waals surface area contributed by atoms with Crippen LogP contribution in [0.15, 0.2) is 36.5 Å². The van der Waals surface area contributed by atoms with E-state index in [4.69, 9.17) is 4.74 Å². The molecule has 0 fully saturated rings. The van der Waals surface area contributed by atoms with Crippen molar-refractivity contribution in [3.05, 3.63) is 47.8 Å². The predicted octanol–water partition coefficient (Wildman–Crippen LogP) is 2.22. The van der Waals surface area contributed by atoms with Crippen molar-refractivity contribution in [3.63, 3.8) is 0 Å². The molecule has 1 atom stereocenters. The van der Waals surface area contributed by atoms with E-state index in [0.29, 0.717) is 0 Å². The van der Waals surface area contributed by atoms with Crippen molar-refractivity contribution in [2.45, 2.75) is 19.5 Å². The first kappa shape index (κ1) is 12.6. The molecular formula is C14H19N3O. The molecule has 1 unspecified atom stereocenters. The van der Waals surface area contributed by atoms with E-state index in [1.54, 1.807) is 7.11 Å². The zero-order valence-electron chi connectivity index (χ0n) is 11.1. The lowest BCUT2D eigenvalue weighted by molar-refractivity contribution is 0.413. The van der Waals surface area contributed by atoms with Crippen molar-refractivity contribution >= 4 is 0 Å². The van der Waals surface area contributed by atoms with E-state index in [2.05, 4.69) is 23.4 Å². The number of methoxy groups -OCH3 is 1. The van der Waals surface area contributed by atoms with Gasteiger partial charge in [0.1, 0.15) is 5.75 Å². The Morgan fingerprint density at radius 3 is 2.89 bits per heavy atom. The van der Waals surface area contributed by atoms with Gasteiger partial charge in [0.2, 0.25) is 0 Å². The molecule has 0 radical (unpaired) electrons. The van der Waals surface area contributed by atoms with Crippen molar-refractivity contribution in [1.29, 1.82) is 0 Å². The van der Waals surface area contributed by atoms with Gasteiger partial charge in [0, 0.05) is 12.7 Å². The minimum atomic E-state index is 0.127. The quantitative estimate of drug-likeness (QED) is 0.878. The van der Waals surface area contributed by atoms with Gasteiger partial charge in [-0.1, -0.05) is 12.1 Å². The minimum absolute atomic E-state index is 0.127.